The van der Waals surface area contributed by atoms with Crippen molar-refractivity contribution >= 4 is 17.7 Å². The molecule has 27 heavy (non-hydrogen) atoms. The number of nitrogens with one attached hydrogen (secondary N) is 1. The van der Waals surface area contributed by atoms with Gasteiger partial charge in [0.15, 0.2) is 0 Å². The summed E-state index contributed by atoms with van der Waals surface area (Å²) in [5.74, 6) is 0.277. The SMILES string of the molecule is Cc1cc(C)cc(-n2nnnc2SCC(=O)NCCCc2ccccc2)c1. The average molecular weight is 382 g/mol. The van der Waals surface area contributed by atoms with Crippen molar-refractivity contribution in [2.45, 2.75) is 31.8 Å². The number of hydrogen-bond donors (Lipinski definition) is 1. The molecule has 0 fully saturated rings. The molecule has 0 bridgehead atoms. The molecular formula is C20H23N5OS. The molecule has 0 atom stereocenters. The number of tetrazole rings is 1. The lowest BCUT2D eigenvalue weighted by molar-refractivity contribution is -0.118. The van der Waals surface area contributed by atoms with Gasteiger partial charge in [-0.15, -0.1) is 5.10 Å². The van der Waals surface area contributed by atoms with Gasteiger partial charge in [-0.05, 0) is 65.9 Å². The minimum Gasteiger partial charge on any atom is -0.355 e. The highest BCUT2D eigenvalue weighted by Gasteiger charge is 2.12. The van der Waals surface area contributed by atoms with Crippen molar-refractivity contribution in [1.29, 1.82) is 0 Å². The number of amides is 1. The summed E-state index contributed by atoms with van der Waals surface area (Å²) in [4.78, 5) is 12.1. The van der Waals surface area contributed by atoms with E-state index in [-0.39, 0.29) is 11.7 Å². The largest absolute Gasteiger partial charge is 0.355 e. The van der Waals surface area contributed by atoms with E-state index < -0.39 is 0 Å². The van der Waals surface area contributed by atoms with E-state index in [9.17, 15) is 4.79 Å². The first kappa shape index (κ1) is 19.1. The molecule has 0 radical (unpaired) electrons. The van der Waals surface area contributed by atoms with Crippen LogP contribution in [-0.2, 0) is 11.2 Å². The third-order valence-corrected chi connectivity index (χ3v) is 4.95. The van der Waals surface area contributed by atoms with Crippen LogP contribution < -0.4 is 5.32 Å². The van der Waals surface area contributed by atoms with Gasteiger partial charge in [0, 0.05) is 6.54 Å². The molecular weight excluding hydrogens is 358 g/mol. The Balaban J connectivity index is 1.47. The molecule has 1 N–H and O–H groups in total. The molecule has 1 heterocycles. The molecule has 0 saturated carbocycles. The smallest absolute Gasteiger partial charge is 0.230 e. The first-order chi connectivity index (χ1) is 13.1. The first-order valence-electron chi connectivity index (χ1n) is 8.92. The zero-order valence-corrected chi connectivity index (χ0v) is 16.4. The highest BCUT2D eigenvalue weighted by Crippen LogP contribution is 2.19. The van der Waals surface area contributed by atoms with Crippen LogP contribution >= 0.6 is 11.8 Å². The van der Waals surface area contributed by atoms with Gasteiger partial charge in [0.2, 0.25) is 11.1 Å². The molecule has 0 spiro atoms. The summed E-state index contributed by atoms with van der Waals surface area (Å²) in [6.45, 7) is 4.74. The van der Waals surface area contributed by atoms with Gasteiger partial charge in [-0.1, -0.05) is 48.2 Å². The Labute approximate surface area is 163 Å². The first-order valence-corrected chi connectivity index (χ1v) is 9.91. The van der Waals surface area contributed by atoms with Crippen LogP contribution in [0.2, 0.25) is 0 Å². The molecule has 0 aliphatic carbocycles. The molecule has 3 aromatic rings. The molecule has 0 saturated heterocycles. The van der Waals surface area contributed by atoms with Gasteiger partial charge in [0.1, 0.15) is 0 Å². The maximum Gasteiger partial charge on any atom is 0.230 e. The van der Waals surface area contributed by atoms with Crippen LogP contribution in [0.25, 0.3) is 5.69 Å². The lowest BCUT2D eigenvalue weighted by Gasteiger charge is -2.07. The second-order valence-corrected chi connectivity index (χ2v) is 7.39. The van der Waals surface area contributed by atoms with Crippen LogP contribution in [-0.4, -0.2) is 38.4 Å². The Morgan fingerprint density at radius 1 is 1.11 bits per heavy atom. The van der Waals surface area contributed by atoms with E-state index >= 15 is 0 Å². The molecule has 3 rings (SSSR count). The molecule has 1 amide bonds. The van der Waals surface area contributed by atoms with Crippen LogP contribution in [0.3, 0.4) is 0 Å². The molecule has 0 unspecified atom stereocenters. The van der Waals surface area contributed by atoms with E-state index in [2.05, 4.69) is 39.0 Å². The Bertz CT molecular complexity index is 874. The normalized spacial score (nSPS) is 10.7. The van der Waals surface area contributed by atoms with Gasteiger partial charge < -0.3 is 5.32 Å². The quantitative estimate of drug-likeness (QED) is 0.479. The van der Waals surface area contributed by atoms with E-state index in [0.29, 0.717) is 11.7 Å². The molecule has 0 aliphatic heterocycles. The van der Waals surface area contributed by atoms with Crippen LogP contribution in [0, 0.1) is 13.8 Å². The van der Waals surface area contributed by atoms with Crippen LogP contribution in [0.5, 0.6) is 0 Å². The van der Waals surface area contributed by atoms with E-state index in [1.807, 2.05) is 44.2 Å². The second-order valence-electron chi connectivity index (χ2n) is 6.45. The summed E-state index contributed by atoms with van der Waals surface area (Å²) >= 11 is 1.34. The number of carbonyl (C=O) groups excluding carboxylic acids is 1. The molecule has 140 valence electrons. The summed E-state index contributed by atoms with van der Waals surface area (Å²) in [7, 11) is 0. The third-order valence-electron chi connectivity index (χ3n) is 4.03. The average Bonchev–Trinajstić information content (AvgIpc) is 3.12. The molecule has 2 aromatic carbocycles. The number of aromatic nitrogens is 4. The number of hydrogen-bond acceptors (Lipinski definition) is 5. The number of thioether (sulfide) groups is 1. The Morgan fingerprint density at radius 2 is 1.85 bits per heavy atom. The van der Waals surface area contributed by atoms with Crippen molar-refractivity contribution in [3.63, 3.8) is 0 Å². The van der Waals surface area contributed by atoms with E-state index in [4.69, 9.17) is 0 Å². The number of benzene rings is 2. The monoisotopic (exact) mass is 381 g/mol. The van der Waals surface area contributed by atoms with Crippen LogP contribution in [0.1, 0.15) is 23.1 Å². The van der Waals surface area contributed by atoms with E-state index in [1.165, 1.54) is 17.3 Å². The molecule has 7 heteroatoms. The molecule has 6 nitrogen and oxygen atoms in total. The molecule has 0 aliphatic rings. The van der Waals surface area contributed by atoms with Gasteiger partial charge in [0.25, 0.3) is 0 Å². The maximum absolute atomic E-state index is 12.1. The van der Waals surface area contributed by atoms with Crippen LogP contribution in [0.4, 0.5) is 0 Å². The number of carbonyl (C=O) groups is 1. The standard InChI is InChI=1S/C20H23N5OS/c1-15-11-16(2)13-18(12-15)25-20(22-23-24-25)27-14-19(26)21-10-6-9-17-7-4-3-5-8-17/h3-5,7-8,11-13H,6,9-10,14H2,1-2H3,(H,21,26). The van der Waals surface area contributed by atoms with Gasteiger partial charge in [-0.2, -0.15) is 4.68 Å². The third kappa shape index (κ3) is 5.65. The number of nitrogens with zero attached hydrogens (tertiary/aromatic N) is 4. The van der Waals surface area contributed by atoms with Gasteiger partial charge in [-0.3, -0.25) is 4.79 Å². The lowest BCUT2D eigenvalue weighted by atomic mass is 10.1. The van der Waals surface area contributed by atoms with Crippen molar-refractivity contribution in [3.8, 4) is 5.69 Å². The Morgan fingerprint density at radius 3 is 2.59 bits per heavy atom. The summed E-state index contributed by atoms with van der Waals surface area (Å²) in [6.07, 6.45) is 1.87. The minimum atomic E-state index is -0.0111. The fourth-order valence-electron chi connectivity index (χ4n) is 2.85. The summed E-state index contributed by atoms with van der Waals surface area (Å²) in [5, 5.41) is 15.4. The highest BCUT2D eigenvalue weighted by molar-refractivity contribution is 7.99. The van der Waals surface area contributed by atoms with Crippen molar-refractivity contribution in [1.82, 2.24) is 25.5 Å². The zero-order valence-electron chi connectivity index (χ0n) is 15.6. The minimum absolute atomic E-state index is 0.0111. The predicted octanol–water partition coefficient (Wildman–Crippen LogP) is 3.12. The second kappa shape index (κ2) is 9.32. The van der Waals surface area contributed by atoms with Gasteiger partial charge in [-0.25, -0.2) is 0 Å². The molecule has 1 aromatic heterocycles. The van der Waals surface area contributed by atoms with Crippen molar-refractivity contribution in [3.05, 3.63) is 65.2 Å². The highest BCUT2D eigenvalue weighted by atomic mass is 32.2. The van der Waals surface area contributed by atoms with E-state index in [1.54, 1.807) is 4.68 Å². The van der Waals surface area contributed by atoms with Crippen molar-refractivity contribution in [2.75, 3.05) is 12.3 Å². The summed E-state index contributed by atoms with van der Waals surface area (Å²) < 4.78 is 1.67. The predicted molar refractivity (Wildman–Crippen MR) is 107 cm³/mol. The van der Waals surface area contributed by atoms with Crippen molar-refractivity contribution < 1.29 is 4.79 Å². The Kier molecular flexibility index (Phi) is 6.59. The van der Waals surface area contributed by atoms with Gasteiger partial charge >= 0.3 is 0 Å². The van der Waals surface area contributed by atoms with E-state index in [0.717, 1.165) is 29.7 Å². The topological polar surface area (TPSA) is 72.7 Å². The fraction of sp³-hybridized carbons (Fsp3) is 0.300. The summed E-state index contributed by atoms with van der Waals surface area (Å²) in [6, 6.07) is 16.4. The lowest BCUT2D eigenvalue weighted by Crippen LogP contribution is -2.26. The van der Waals surface area contributed by atoms with Crippen LogP contribution in [0.15, 0.2) is 53.7 Å². The van der Waals surface area contributed by atoms with Gasteiger partial charge in [0.05, 0.1) is 11.4 Å². The van der Waals surface area contributed by atoms with Crippen molar-refractivity contribution in [2.24, 2.45) is 0 Å². The number of aryl methyl sites for hydroxylation is 3. The zero-order chi connectivity index (χ0) is 19.1. The maximum atomic E-state index is 12.1. The summed E-state index contributed by atoms with van der Waals surface area (Å²) in [5.41, 5.74) is 4.48. The fourth-order valence-corrected chi connectivity index (χ4v) is 3.57. The Hall–Kier alpha value is -2.67. The number of rotatable bonds is 8.